The summed E-state index contributed by atoms with van der Waals surface area (Å²) in [5, 5.41) is 0.406. The summed E-state index contributed by atoms with van der Waals surface area (Å²) in [7, 11) is 2.00. The minimum absolute atomic E-state index is 0.0411. The van der Waals surface area contributed by atoms with Gasteiger partial charge in [0.05, 0.1) is 22.2 Å². The first kappa shape index (κ1) is 33.2. The van der Waals surface area contributed by atoms with E-state index in [0.29, 0.717) is 55.3 Å². The summed E-state index contributed by atoms with van der Waals surface area (Å²) < 4.78 is 43.1. The molecular weight excluding hydrogens is 627 g/mol. The molecule has 1 saturated heterocycles. The van der Waals surface area contributed by atoms with Gasteiger partial charge in [0, 0.05) is 60.8 Å². The lowest BCUT2D eigenvalue weighted by molar-refractivity contribution is 0.0130. The maximum Gasteiger partial charge on any atom is 0.410 e. The van der Waals surface area contributed by atoms with E-state index in [-0.39, 0.29) is 45.6 Å². The van der Waals surface area contributed by atoms with Gasteiger partial charge in [-0.3, -0.25) is 4.57 Å². The Morgan fingerprint density at radius 3 is 2.42 bits per heavy atom. The number of amides is 1. The average Bonchev–Trinajstić information content (AvgIpc) is 2.97. The summed E-state index contributed by atoms with van der Waals surface area (Å²) >= 11 is 13.0. The van der Waals surface area contributed by atoms with E-state index in [4.69, 9.17) is 32.7 Å². The largest absolute Gasteiger partial charge is 0.491 e. The number of piperazine rings is 1. The topological polar surface area (TPSA) is 80.1 Å². The Kier molecular flexibility index (Phi) is 9.54. The van der Waals surface area contributed by atoms with Crippen molar-refractivity contribution in [1.82, 2.24) is 19.4 Å². The number of nitrogens with zero attached hydrogens (tertiary/aromatic N) is 5. The quantitative estimate of drug-likeness (QED) is 0.286. The third-order valence-electron chi connectivity index (χ3n) is 8.17. The number of ether oxygens (including phenoxy) is 2. The summed E-state index contributed by atoms with van der Waals surface area (Å²) in [5.74, 6) is -1.17. The number of carbonyl (C=O) groups excluding carboxylic acids is 1. The molecule has 2 atom stereocenters. The minimum Gasteiger partial charge on any atom is -0.491 e. The van der Waals surface area contributed by atoms with Crippen molar-refractivity contribution in [3.8, 4) is 16.9 Å². The molecule has 0 spiro atoms. The molecule has 0 aliphatic carbocycles. The number of halogens is 4. The fraction of sp³-hybridized carbons (Fsp3) is 0.531. The molecule has 244 valence electrons. The smallest absolute Gasteiger partial charge is 0.410 e. The molecule has 2 aliphatic rings. The van der Waals surface area contributed by atoms with Crippen LogP contribution in [0, 0.1) is 11.6 Å². The van der Waals surface area contributed by atoms with Gasteiger partial charge in [0.1, 0.15) is 23.1 Å². The molecule has 0 saturated carbocycles. The van der Waals surface area contributed by atoms with Crippen LogP contribution in [0.5, 0.6) is 5.75 Å². The highest BCUT2D eigenvalue weighted by molar-refractivity contribution is 6.35. The fourth-order valence-corrected chi connectivity index (χ4v) is 6.47. The molecule has 0 unspecified atom stereocenters. The first-order chi connectivity index (χ1) is 21.2. The van der Waals surface area contributed by atoms with Crippen LogP contribution in [0.3, 0.4) is 0 Å². The van der Waals surface area contributed by atoms with Gasteiger partial charge < -0.3 is 24.2 Å². The van der Waals surface area contributed by atoms with Gasteiger partial charge in [-0.2, -0.15) is 4.98 Å². The molecule has 45 heavy (non-hydrogen) atoms. The van der Waals surface area contributed by atoms with E-state index in [1.165, 1.54) is 6.07 Å². The van der Waals surface area contributed by atoms with Crippen molar-refractivity contribution in [3.63, 3.8) is 0 Å². The second kappa shape index (κ2) is 12.9. The summed E-state index contributed by atoms with van der Waals surface area (Å²) in [4.78, 5) is 37.2. The molecule has 2 aliphatic heterocycles. The van der Waals surface area contributed by atoms with Gasteiger partial charge in [-0.15, -0.1) is 0 Å². The summed E-state index contributed by atoms with van der Waals surface area (Å²) in [6, 6.07) is 3.04. The Morgan fingerprint density at radius 1 is 1.00 bits per heavy atom. The zero-order valence-corrected chi connectivity index (χ0v) is 27.9. The highest BCUT2D eigenvalue weighted by Crippen LogP contribution is 2.46. The molecule has 1 fully saturated rings. The SMILES string of the molecule is C[C@@H]1CN(c2nc(=O)n3c4c(c(-c5cc(Cl)c(F)cc5F)c(Cl)cc24)OCCCN(C)CCC3)[C@@H](C)CN1C(=O)OC(C)(C)C. The Hall–Kier alpha value is -3.15. The van der Waals surface area contributed by atoms with Gasteiger partial charge in [-0.25, -0.2) is 18.4 Å². The van der Waals surface area contributed by atoms with Gasteiger partial charge in [-0.05, 0) is 73.2 Å². The van der Waals surface area contributed by atoms with Crippen LogP contribution in [0.1, 0.15) is 47.5 Å². The monoisotopic (exact) mass is 665 g/mol. The van der Waals surface area contributed by atoms with Crippen molar-refractivity contribution in [3.05, 3.63) is 50.4 Å². The lowest BCUT2D eigenvalue weighted by Gasteiger charge is -2.45. The number of benzene rings is 2. The van der Waals surface area contributed by atoms with Crippen LogP contribution in [0.2, 0.25) is 10.0 Å². The first-order valence-corrected chi connectivity index (χ1v) is 15.9. The standard InChI is InChI=1S/C32H39Cl2F2N5O4/c1-18-17-41(31(43)45-32(3,4)5)19(2)16-40(18)29-21-14-23(34)26(20-13-22(33)25(36)15-24(20)35)28-27(21)39(30(42)37-29)11-7-9-38(6)10-8-12-44-28/h13-15,18-19H,7-12,16-17H2,1-6H3/t18-,19+/m0/s1. The van der Waals surface area contributed by atoms with Gasteiger partial charge in [-0.1, -0.05) is 23.2 Å². The Balaban J connectivity index is 1.71. The molecule has 2 aromatic carbocycles. The van der Waals surface area contributed by atoms with E-state index in [1.54, 1.807) is 15.5 Å². The Labute approximate surface area is 271 Å². The number of rotatable bonds is 2. The third kappa shape index (κ3) is 6.85. The zero-order chi connectivity index (χ0) is 32.8. The van der Waals surface area contributed by atoms with Crippen LogP contribution in [0.15, 0.2) is 23.0 Å². The number of anilines is 1. The van der Waals surface area contributed by atoms with E-state index in [2.05, 4.69) is 9.88 Å². The van der Waals surface area contributed by atoms with E-state index in [0.717, 1.165) is 13.1 Å². The molecule has 9 nitrogen and oxygen atoms in total. The predicted octanol–water partition coefficient (Wildman–Crippen LogP) is 6.59. The lowest BCUT2D eigenvalue weighted by Crippen LogP contribution is -2.59. The number of hydrogen-bond acceptors (Lipinski definition) is 7. The Morgan fingerprint density at radius 2 is 1.71 bits per heavy atom. The molecular formula is C32H39Cl2F2N5O4. The normalized spacial score (nSPS) is 20.1. The third-order valence-corrected chi connectivity index (χ3v) is 8.76. The molecule has 5 rings (SSSR count). The van der Waals surface area contributed by atoms with Crippen molar-refractivity contribution in [2.75, 3.05) is 44.7 Å². The highest BCUT2D eigenvalue weighted by Gasteiger charge is 2.37. The molecule has 3 heterocycles. The van der Waals surface area contributed by atoms with E-state index in [9.17, 15) is 14.0 Å². The van der Waals surface area contributed by atoms with Gasteiger partial charge in [0.25, 0.3) is 0 Å². The van der Waals surface area contributed by atoms with Crippen LogP contribution < -0.4 is 15.3 Å². The number of hydrogen-bond donors (Lipinski definition) is 0. The first-order valence-electron chi connectivity index (χ1n) is 15.2. The predicted molar refractivity (Wildman–Crippen MR) is 173 cm³/mol. The van der Waals surface area contributed by atoms with Crippen LogP contribution in [0.4, 0.5) is 19.4 Å². The van der Waals surface area contributed by atoms with E-state index < -0.39 is 29.0 Å². The summed E-state index contributed by atoms with van der Waals surface area (Å²) in [6.45, 7) is 12.1. The van der Waals surface area contributed by atoms with E-state index >= 15 is 4.39 Å². The lowest BCUT2D eigenvalue weighted by atomic mass is 10.00. The number of aromatic nitrogens is 2. The van der Waals surface area contributed by atoms with Crippen molar-refractivity contribution < 1.29 is 23.0 Å². The molecule has 13 heteroatoms. The maximum atomic E-state index is 15.4. The number of carbonyl (C=O) groups is 1. The fourth-order valence-electron chi connectivity index (χ4n) is 6.01. The van der Waals surface area contributed by atoms with Gasteiger partial charge in [0.15, 0.2) is 5.75 Å². The minimum atomic E-state index is -0.900. The second-order valence-electron chi connectivity index (χ2n) is 12.9. The van der Waals surface area contributed by atoms with Crippen molar-refractivity contribution in [2.45, 2.75) is 71.7 Å². The van der Waals surface area contributed by atoms with Crippen LogP contribution in [0.25, 0.3) is 22.0 Å². The van der Waals surface area contributed by atoms with Gasteiger partial charge >= 0.3 is 11.8 Å². The molecule has 1 aromatic heterocycles. The molecule has 0 radical (unpaired) electrons. The Bertz CT molecular complexity index is 1680. The zero-order valence-electron chi connectivity index (χ0n) is 26.4. The highest BCUT2D eigenvalue weighted by atomic mass is 35.5. The van der Waals surface area contributed by atoms with E-state index in [1.807, 2.05) is 46.6 Å². The summed E-state index contributed by atoms with van der Waals surface area (Å²) in [5.41, 5.74) is -0.583. The van der Waals surface area contributed by atoms with Crippen molar-refractivity contribution in [2.24, 2.45) is 0 Å². The van der Waals surface area contributed by atoms with Crippen LogP contribution >= 0.6 is 23.2 Å². The average molecular weight is 667 g/mol. The van der Waals surface area contributed by atoms with Crippen molar-refractivity contribution >= 4 is 46.0 Å². The van der Waals surface area contributed by atoms with Crippen molar-refractivity contribution in [1.29, 1.82) is 0 Å². The number of aryl methyl sites for hydroxylation is 1. The maximum absolute atomic E-state index is 15.4. The van der Waals surface area contributed by atoms with Crippen LogP contribution in [-0.2, 0) is 11.3 Å². The second-order valence-corrected chi connectivity index (χ2v) is 13.7. The summed E-state index contributed by atoms with van der Waals surface area (Å²) in [6.07, 6.45) is 0.913. The molecule has 0 N–H and O–H groups in total. The molecule has 0 bridgehead atoms. The molecule has 1 amide bonds. The van der Waals surface area contributed by atoms with Gasteiger partial charge in [0.2, 0.25) is 0 Å². The molecule has 3 aromatic rings. The van der Waals surface area contributed by atoms with Crippen LogP contribution in [-0.4, -0.2) is 83.0 Å².